The summed E-state index contributed by atoms with van der Waals surface area (Å²) in [7, 11) is 0. The van der Waals surface area contributed by atoms with Gasteiger partial charge >= 0.3 is 0 Å². The standard InChI is InChI=1S/C15H24/c1-9-6-8-12-14(15(12,3)4)13-10(2)5-7-11(9)13/h10,12-14H,5-8H2,1-4H3/t10-,12+,13-,14+/m0/s1. The van der Waals surface area contributed by atoms with Crippen molar-refractivity contribution in [3.63, 3.8) is 0 Å². The predicted octanol–water partition coefficient (Wildman–Crippen LogP) is 4.42. The summed E-state index contributed by atoms with van der Waals surface area (Å²) in [6, 6.07) is 0. The molecule has 0 aromatic rings. The molecule has 0 spiro atoms. The molecule has 0 saturated heterocycles. The van der Waals surface area contributed by atoms with Crippen LogP contribution >= 0.6 is 0 Å². The molecule has 4 atom stereocenters. The van der Waals surface area contributed by atoms with Gasteiger partial charge < -0.3 is 0 Å². The first-order valence-electron chi connectivity index (χ1n) is 6.72. The van der Waals surface area contributed by atoms with Crippen molar-refractivity contribution in [1.82, 2.24) is 0 Å². The average molecular weight is 204 g/mol. The third-order valence-electron chi connectivity index (χ3n) is 5.79. The summed E-state index contributed by atoms with van der Waals surface area (Å²) in [5, 5.41) is 0. The van der Waals surface area contributed by atoms with Gasteiger partial charge in [0.2, 0.25) is 0 Å². The molecule has 0 amide bonds. The summed E-state index contributed by atoms with van der Waals surface area (Å²) in [5.41, 5.74) is 4.29. The summed E-state index contributed by atoms with van der Waals surface area (Å²) >= 11 is 0. The average Bonchev–Trinajstić information content (AvgIpc) is 2.55. The van der Waals surface area contributed by atoms with Crippen molar-refractivity contribution in [2.24, 2.45) is 29.1 Å². The molecule has 0 aliphatic heterocycles. The van der Waals surface area contributed by atoms with Crippen LogP contribution in [-0.2, 0) is 0 Å². The highest BCUT2D eigenvalue weighted by Gasteiger charge is 2.62. The van der Waals surface area contributed by atoms with E-state index in [9.17, 15) is 0 Å². The van der Waals surface area contributed by atoms with Gasteiger partial charge in [-0.25, -0.2) is 0 Å². The van der Waals surface area contributed by atoms with Crippen LogP contribution in [0.2, 0.25) is 0 Å². The molecule has 0 unspecified atom stereocenters. The number of fused-ring (bicyclic) bond motifs is 3. The first-order valence-corrected chi connectivity index (χ1v) is 6.72. The summed E-state index contributed by atoms with van der Waals surface area (Å²) < 4.78 is 0. The molecule has 3 aliphatic carbocycles. The largest absolute Gasteiger partial charge is 0.0738 e. The van der Waals surface area contributed by atoms with Crippen LogP contribution in [0.4, 0.5) is 0 Å². The van der Waals surface area contributed by atoms with E-state index in [0.717, 1.165) is 23.7 Å². The van der Waals surface area contributed by atoms with E-state index < -0.39 is 0 Å². The van der Waals surface area contributed by atoms with Gasteiger partial charge in [-0.05, 0) is 61.7 Å². The molecule has 15 heavy (non-hydrogen) atoms. The maximum atomic E-state index is 2.51. The van der Waals surface area contributed by atoms with Gasteiger partial charge in [0, 0.05) is 0 Å². The lowest BCUT2D eigenvalue weighted by atomic mass is 9.85. The first-order chi connectivity index (χ1) is 7.03. The van der Waals surface area contributed by atoms with E-state index in [1.54, 1.807) is 5.57 Å². The van der Waals surface area contributed by atoms with Crippen molar-refractivity contribution in [3.8, 4) is 0 Å². The van der Waals surface area contributed by atoms with Crippen LogP contribution < -0.4 is 0 Å². The second kappa shape index (κ2) is 2.90. The van der Waals surface area contributed by atoms with Crippen LogP contribution in [-0.4, -0.2) is 0 Å². The fourth-order valence-corrected chi connectivity index (χ4v) is 4.73. The molecule has 0 bridgehead atoms. The fourth-order valence-electron chi connectivity index (χ4n) is 4.73. The summed E-state index contributed by atoms with van der Waals surface area (Å²) in [4.78, 5) is 0. The van der Waals surface area contributed by atoms with Gasteiger partial charge in [0.05, 0.1) is 0 Å². The van der Waals surface area contributed by atoms with Crippen molar-refractivity contribution < 1.29 is 0 Å². The van der Waals surface area contributed by atoms with Crippen LogP contribution in [0.25, 0.3) is 0 Å². The highest BCUT2D eigenvalue weighted by atomic mass is 14.7. The van der Waals surface area contributed by atoms with Gasteiger partial charge in [-0.1, -0.05) is 31.9 Å². The van der Waals surface area contributed by atoms with Crippen LogP contribution in [0.5, 0.6) is 0 Å². The number of hydrogen-bond acceptors (Lipinski definition) is 0. The molecular weight excluding hydrogens is 180 g/mol. The normalized spacial score (nSPS) is 47.2. The number of allylic oxidation sites excluding steroid dienone is 2. The molecule has 2 saturated carbocycles. The van der Waals surface area contributed by atoms with Crippen LogP contribution in [0.1, 0.15) is 53.4 Å². The van der Waals surface area contributed by atoms with E-state index in [1.807, 2.05) is 5.57 Å². The van der Waals surface area contributed by atoms with E-state index in [1.165, 1.54) is 25.7 Å². The van der Waals surface area contributed by atoms with Gasteiger partial charge in [0.25, 0.3) is 0 Å². The predicted molar refractivity (Wildman–Crippen MR) is 64.6 cm³/mol. The Morgan fingerprint density at radius 3 is 2.60 bits per heavy atom. The van der Waals surface area contributed by atoms with Crippen molar-refractivity contribution >= 4 is 0 Å². The van der Waals surface area contributed by atoms with Gasteiger partial charge in [0.1, 0.15) is 0 Å². The Morgan fingerprint density at radius 1 is 1.13 bits per heavy atom. The fraction of sp³-hybridized carbons (Fsp3) is 0.867. The molecule has 0 heterocycles. The van der Waals surface area contributed by atoms with Gasteiger partial charge in [-0.15, -0.1) is 0 Å². The summed E-state index contributed by atoms with van der Waals surface area (Å²) in [5.74, 6) is 3.99. The van der Waals surface area contributed by atoms with Gasteiger partial charge in [0.15, 0.2) is 0 Å². The summed E-state index contributed by atoms with van der Waals surface area (Å²) in [6.45, 7) is 9.90. The van der Waals surface area contributed by atoms with E-state index in [4.69, 9.17) is 0 Å². The molecule has 0 nitrogen and oxygen atoms in total. The number of hydrogen-bond donors (Lipinski definition) is 0. The lowest BCUT2D eigenvalue weighted by Crippen LogP contribution is -2.12. The highest BCUT2D eigenvalue weighted by molar-refractivity contribution is 5.29. The lowest BCUT2D eigenvalue weighted by Gasteiger charge is -2.20. The highest BCUT2D eigenvalue weighted by Crippen LogP contribution is 2.69. The molecule has 3 aliphatic rings. The molecule has 2 fully saturated rings. The number of rotatable bonds is 0. The Labute approximate surface area is 94.1 Å². The molecular formula is C15H24. The third kappa shape index (κ3) is 1.20. The molecule has 3 rings (SSSR count). The van der Waals surface area contributed by atoms with Crippen molar-refractivity contribution in [3.05, 3.63) is 11.1 Å². The minimum atomic E-state index is 0.662. The first kappa shape index (κ1) is 9.93. The van der Waals surface area contributed by atoms with E-state index in [2.05, 4.69) is 27.7 Å². The zero-order valence-electron chi connectivity index (χ0n) is 10.6. The molecule has 0 aromatic heterocycles. The van der Waals surface area contributed by atoms with Crippen molar-refractivity contribution in [2.75, 3.05) is 0 Å². The zero-order valence-corrected chi connectivity index (χ0v) is 10.6. The van der Waals surface area contributed by atoms with E-state index in [0.29, 0.717) is 5.41 Å². The van der Waals surface area contributed by atoms with Crippen LogP contribution in [0.15, 0.2) is 11.1 Å². The van der Waals surface area contributed by atoms with Gasteiger partial charge in [-0.3, -0.25) is 0 Å². The Hall–Kier alpha value is -0.260. The molecule has 0 aromatic carbocycles. The second-order valence-electron chi connectivity index (χ2n) is 6.84. The van der Waals surface area contributed by atoms with Crippen molar-refractivity contribution in [2.45, 2.75) is 53.4 Å². The third-order valence-corrected chi connectivity index (χ3v) is 5.79. The minimum Gasteiger partial charge on any atom is -0.0738 e. The maximum Gasteiger partial charge on any atom is -0.0138 e. The quantitative estimate of drug-likeness (QED) is 0.513. The Bertz CT molecular complexity index is 321. The van der Waals surface area contributed by atoms with Crippen LogP contribution in [0.3, 0.4) is 0 Å². The van der Waals surface area contributed by atoms with E-state index >= 15 is 0 Å². The molecule has 0 heteroatoms. The minimum absolute atomic E-state index is 0.662. The molecule has 0 radical (unpaired) electrons. The lowest BCUT2D eigenvalue weighted by molar-refractivity contribution is 0.362. The van der Waals surface area contributed by atoms with Crippen molar-refractivity contribution in [1.29, 1.82) is 0 Å². The Balaban J connectivity index is 1.99. The van der Waals surface area contributed by atoms with Gasteiger partial charge in [-0.2, -0.15) is 0 Å². The monoisotopic (exact) mass is 204 g/mol. The molecule has 0 N–H and O–H groups in total. The Morgan fingerprint density at radius 2 is 1.87 bits per heavy atom. The molecule has 84 valence electrons. The summed E-state index contributed by atoms with van der Waals surface area (Å²) in [6.07, 6.45) is 5.73. The topological polar surface area (TPSA) is 0 Å². The zero-order chi connectivity index (χ0) is 10.8. The smallest absolute Gasteiger partial charge is 0.0138 e. The second-order valence-corrected chi connectivity index (χ2v) is 6.84. The Kier molecular flexibility index (Phi) is 1.92. The van der Waals surface area contributed by atoms with E-state index in [-0.39, 0.29) is 0 Å². The van der Waals surface area contributed by atoms with Crippen LogP contribution in [0, 0.1) is 29.1 Å². The maximum absolute atomic E-state index is 2.51. The SMILES string of the molecule is CC1=C2CC[C@H](C)[C@@H]2[C@H]2[C@@H](CC1)C2(C)C.